The molecule has 0 radical (unpaired) electrons. The standard InChI is InChI=1S/C24H26F3N3O4/c1-3-5-19-17(15-30(29-19)22-10-8-18(14-28-22)24(25,26)27)6-4-11-34-20-9-7-16(13-23(31)32)12-21(20)33-2/h7-10,12,14-15H,3-6,11,13H2,1-2H3,(H,31,32). The van der Waals surface area contributed by atoms with E-state index in [2.05, 4.69) is 10.1 Å². The Balaban J connectivity index is 1.64. The summed E-state index contributed by atoms with van der Waals surface area (Å²) in [6.45, 7) is 2.42. The second-order valence-corrected chi connectivity index (χ2v) is 7.71. The van der Waals surface area contributed by atoms with Crippen molar-refractivity contribution in [3.8, 4) is 17.3 Å². The topological polar surface area (TPSA) is 86.5 Å². The molecule has 0 atom stereocenters. The lowest BCUT2D eigenvalue weighted by molar-refractivity contribution is -0.138. The molecule has 1 aromatic carbocycles. The number of aromatic nitrogens is 3. The van der Waals surface area contributed by atoms with Gasteiger partial charge in [0.15, 0.2) is 17.3 Å². The Morgan fingerprint density at radius 1 is 1.15 bits per heavy atom. The number of carboxylic acids is 1. The first kappa shape index (κ1) is 25.1. The Labute approximate surface area is 195 Å². The van der Waals surface area contributed by atoms with Gasteiger partial charge in [0.1, 0.15) is 0 Å². The summed E-state index contributed by atoms with van der Waals surface area (Å²) in [5.41, 5.74) is 1.67. The van der Waals surface area contributed by atoms with Crippen molar-refractivity contribution in [1.82, 2.24) is 14.8 Å². The Morgan fingerprint density at radius 2 is 1.94 bits per heavy atom. The molecule has 0 aliphatic heterocycles. The predicted octanol–water partition coefficient (Wildman–Crippen LogP) is 4.89. The third kappa shape index (κ3) is 6.49. The fourth-order valence-electron chi connectivity index (χ4n) is 3.47. The van der Waals surface area contributed by atoms with Crippen molar-refractivity contribution in [2.75, 3.05) is 13.7 Å². The van der Waals surface area contributed by atoms with Crippen LogP contribution in [0.5, 0.6) is 11.5 Å². The number of halogens is 3. The van der Waals surface area contributed by atoms with Crippen LogP contribution in [0.25, 0.3) is 5.82 Å². The number of methoxy groups -OCH3 is 1. The molecule has 34 heavy (non-hydrogen) atoms. The number of hydrogen-bond donors (Lipinski definition) is 1. The van der Waals surface area contributed by atoms with Crippen LogP contribution in [0.15, 0.2) is 42.7 Å². The highest BCUT2D eigenvalue weighted by atomic mass is 19.4. The first-order valence-electron chi connectivity index (χ1n) is 10.8. The lowest BCUT2D eigenvalue weighted by atomic mass is 10.1. The summed E-state index contributed by atoms with van der Waals surface area (Å²) in [6, 6.07) is 7.31. The van der Waals surface area contributed by atoms with Crippen molar-refractivity contribution in [1.29, 1.82) is 0 Å². The van der Waals surface area contributed by atoms with Crippen LogP contribution < -0.4 is 9.47 Å². The molecule has 7 nitrogen and oxygen atoms in total. The molecular weight excluding hydrogens is 451 g/mol. The van der Waals surface area contributed by atoms with Crippen molar-refractivity contribution in [3.05, 3.63) is 65.1 Å². The van der Waals surface area contributed by atoms with Crippen LogP contribution in [0.1, 0.15) is 42.1 Å². The Kier molecular flexibility index (Phi) is 8.14. The van der Waals surface area contributed by atoms with Gasteiger partial charge < -0.3 is 14.6 Å². The molecular formula is C24H26F3N3O4. The van der Waals surface area contributed by atoms with Gasteiger partial charge in [0.2, 0.25) is 0 Å². The molecule has 0 aliphatic carbocycles. The first-order chi connectivity index (χ1) is 16.2. The number of pyridine rings is 1. The number of ether oxygens (including phenoxy) is 2. The molecule has 0 saturated carbocycles. The molecule has 0 fully saturated rings. The monoisotopic (exact) mass is 477 g/mol. The second kappa shape index (κ2) is 11.0. The van der Waals surface area contributed by atoms with Gasteiger partial charge >= 0.3 is 12.1 Å². The number of aliphatic carboxylic acids is 1. The fourth-order valence-corrected chi connectivity index (χ4v) is 3.47. The van der Waals surface area contributed by atoms with Gasteiger partial charge in [-0.15, -0.1) is 0 Å². The molecule has 1 N–H and O–H groups in total. The number of alkyl halides is 3. The quantitative estimate of drug-likeness (QED) is 0.396. The van der Waals surface area contributed by atoms with Gasteiger partial charge in [-0.2, -0.15) is 18.3 Å². The highest BCUT2D eigenvalue weighted by Gasteiger charge is 2.30. The van der Waals surface area contributed by atoms with Crippen molar-refractivity contribution in [3.63, 3.8) is 0 Å². The first-order valence-corrected chi connectivity index (χ1v) is 10.8. The van der Waals surface area contributed by atoms with E-state index in [0.717, 1.165) is 36.4 Å². The Morgan fingerprint density at radius 3 is 2.56 bits per heavy atom. The van der Waals surface area contributed by atoms with Crippen LogP contribution in [0.3, 0.4) is 0 Å². The van der Waals surface area contributed by atoms with E-state index in [9.17, 15) is 18.0 Å². The third-order valence-corrected chi connectivity index (χ3v) is 5.11. The van der Waals surface area contributed by atoms with Gasteiger partial charge in [-0.25, -0.2) is 9.67 Å². The number of carbonyl (C=O) groups is 1. The maximum atomic E-state index is 12.8. The van der Waals surface area contributed by atoms with E-state index in [1.165, 1.54) is 17.9 Å². The smallest absolute Gasteiger partial charge is 0.417 e. The van der Waals surface area contributed by atoms with Gasteiger partial charge in [-0.05, 0) is 54.7 Å². The summed E-state index contributed by atoms with van der Waals surface area (Å²) in [5.74, 6) is 0.381. The normalized spacial score (nSPS) is 11.4. The van der Waals surface area contributed by atoms with E-state index in [1.807, 2.05) is 6.92 Å². The summed E-state index contributed by atoms with van der Waals surface area (Å²) in [5, 5.41) is 13.5. The molecule has 182 valence electrons. The summed E-state index contributed by atoms with van der Waals surface area (Å²) in [6.07, 6.45) is 1.00. The van der Waals surface area contributed by atoms with Gasteiger partial charge in [0.25, 0.3) is 0 Å². The molecule has 3 rings (SSSR count). The van der Waals surface area contributed by atoms with Gasteiger partial charge in [0.05, 0.1) is 31.4 Å². The average Bonchev–Trinajstić information content (AvgIpc) is 3.19. The van der Waals surface area contributed by atoms with Crippen molar-refractivity contribution >= 4 is 5.97 Å². The van der Waals surface area contributed by atoms with Gasteiger partial charge in [0, 0.05) is 12.4 Å². The Bertz CT molecular complexity index is 1110. The van der Waals surface area contributed by atoms with Crippen LogP contribution in [-0.2, 0) is 30.2 Å². The van der Waals surface area contributed by atoms with Crippen LogP contribution in [0, 0.1) is 0 Å². The molecule has 0 amide bonds. The number of nitrogens with zero attached hydrogens (tertiary/aromatic N) is 3. The molecule has 2 aromatic heterocycles. The second-order valence-electron chi connectivity index (χ2n) is 7.71. The maximum absolute atomic E-state index is 12.8. The molecule has 3 aromatic rings. The summed E-state index contributed by atoms with van der Waals surface area (Å²) < 4.78 is 51.0. The van der Waals surface area contributed by atoms with Crippen LogP contribution in [0.4, 0.5) is 13.2 Å². The molecule has 0 aliphatic rings. The lowest BCUT2D eigenvalue weighted by Gasteiger charge is -2.12. The Hall–Kier alpha value is -3.56. The molecule has 0 bridgehead atoms. The zero-order chi connectivity index (χ0) is 24.7. The SMILES string of the molecule is CCCc1nn(-c2ccc(C(F)(F)F)cn2)cc1CCCOc1ccc(CC(=O)O)cc1OC. The van der Waals surface area contributed by atoms with Crippen molar-refractivity contribution in [2.24, 2.45) is 0 Å². The highest BCUT2D eigenvalue weighted by molar-refractivity contribution is 5.70. The van der Waals surface area contributed by atoms with Gasteiger partial charge in [-0.1, -0.05) is 19.4 Å². The summed E-state index contributed by atoms with van der Waals surface area (Å²) in [4.78, 5) is 14.8. The average molecular weight is 477 g/mol. The molecule has 0 unspecified atom stereocenters. The predicted molar refractivity (Wildman–Crippen MR) is 119 cm³/mol. The lowest BCUT2D eigenvalue weighted by Crippen LogP contribution is -2.07. The minimum absolute atomic E-state index is 0.103. The number of aryl methyl sites for hydroxylation is 2. The van der Waals surface area contributed by atoms with Gasteiger partial charge in [-0.3, -0.25) is 4.79 Å². The van der Waals surface area contributed by atoms with Crippen LogP contribution in [0.2, 0.25) is 0 Å². The summed E-state index contributed by atoms with van der Waals surface area (Å²) in [7, 11) is 1.49. The zero-order valence-electron chi connectivity index (χ0n) is 18.9. The number of hydrogen-bond acceptors (Lipinski definition) is 5. The zero-order valence-corrected chi connectivity index (χ0v) is 18.9. The molecule has 2 heterocycles. The molecule has 0 spiro atoms. The maximum Gasteiger partial charge on any atom is 0.417 e. The number of rotatable bonds is 11. The largest absolute Gasteiger partial charge is 0.493 e. The van der Waals surface area contributed by atoms with E-state index < -0.39 is 17.7 Å². The van der Waals surface area contributed by atoms with Crippen molar-refractivity contribution in [2.45, 2.75) is 45.2 Å². The van der Waals surface area contributed by atoms with E-state index in [0.29, 0.717) is 42.3 Å². The van der Waals surface area contributed by atoms with E-state index >= 15 is 0 Å². The fraction of sp³-hybridized carbons (Fsp3) is 0.375. The number of benzene rings is 1. The van der Waals surface area contributed by atoms with Crippen LogP contribution >= 0.6 is 0 Å². The number of carboxylic acid groups (broad SMARTS) is 1. The van der Waals surface area contributed by atoms with Crippen molar-refractivity contribution < 1.29 is 32.5 Å². The van der Waals surface area contributed by atoms with E-state index in [1.54, 1.807) is 24.4 Å². The molecule has 0 saturated heterocycles. The minimum Gasteiger partial charge on any atom is -0.493 e. The minimum atomic E-state index is -4.44. The summed E-state index contributed by atoms with van der Waals surface area (Å²) >= 11 is 0. The molecule has 10 heteroatoms. The van der Waals surface area contributed by atoms with E-state index in [-0.39, 0.29) is 6.42 Å². The van der Waals surface area contributed by atoms with Crippen LogP contribution in [-0.4, -0.2) is 39.6 Å². The van der Waals surface area contributed by atoms with E-state index in [4.69, 9.17) is 14.6 Å². The highest BCUT2D eigenvalue weighted by Crippen LogP contribution is 2.30. The third-order valence-electron chi connectivity index (χ3n) is 5.11.